The molecular formula is C14H14ClN3O. The summed E-state index contributed by atoms with van der Waals surface area (Å²) >= 11 is 5.99. The molecule has 0 aliphatic heterocycles. The SMILES string of the molecule is CNC(c1cn(C)cn1)c1cc2cc(Cl)ccc2o1. The zero-order chi connectivity index (χ0) is 13.4. The molecule has 1 atom stereocenters. The van der Waals surface area contributed by atoms with Gasteiger partial charge < -0.3 is 14.3 Å². The maximum absolute atomic E-state index is 5.99. The number of furan rings is 1. The van der Waals surface area contributed by atoms with Crippen molar-refractivity contribution in [2.45, 2.75) is 6.04 Å². The molecule has 1 aromatic carbocycles. The topological polar surface area (TPSA) is 43.0 Å². The summed E-state index contributed by atoms with van der Waals surface area (Å²) in [5, 5.41) is 4.93. The number of rotatable bonds is 3. The molecule has 4 nitrogen and oxygen atoms in total. The number of halogens is 1. The molecule has 0 radical (unpaired) electrons. The van der Waals surface area contributed by atoms with Gasteiger partial charge in [-0.3, -0.25) is 0 Å². The molecule has 5 heteroatoms. The molecule has 0 amide bonds. The van der Waals surface area contributed by atoms with E-state index >= 15 is 0 Å². The minimum atomic E-state index is -0.0626. The highest BCUT2D eigenvalue weighted by atomic mass is 35.5. The van der Waals surface area contributed by atoms with Crippen LogP contribution in [-0.2, 0) is 7.05 Å². The van der Waals surface area contributed by atoms with Crippen molar-refractivity contribution in [1.82, 2.24) is 14.9 Å². The summed E-state index contributed by atoms with van der Waals surface area (Å²) in [5.41, 5.74) is 1.76. The van der Waals surface area contributed by atoms with Crippen LogP contribution in [0.25, 0.3) is 11.0 Å². The van der Waals surface area contributed by atoms with Gasteiger partial charge in [-0.1, -0.05) is 11.6 Å². The van der Waals surface area contributed by atoms with E-state index in [1.54, 1.807) is 6.33 Å². The highest BCUT2D eigenvalue weighted by Crippen LogP contribution is 2.28. The van der Waals surface area contributed by atoms with E-state index in [1.165, 1.54) is 0 Å². The smallest absolute Gasteiger partial charge is 0.134 e. The van der Waals surface area contributed by atoms with Crippen molar-refractivity contribution in [2.24, 2.45) is 7.05 Å². The van der Waals surface area contributed by atoms with Crippen LogP contribution in [0.1, 0.15) is 17.5 Å². The Hall–Kier alpha value is -1.78. The van der Waals surface area contributed by atoms with E-state index in [4.69, 9.17) is 16.0 Å². The standard InChI is InChI=1S/C14H14ClN3O/c1-16-14(11-7-18(2)8-17-11)13-6-9-5-10(15)3-4-12(9)19-13/h3-8,14,16H,1-2H3. The van der Waals surface area contributed by atoms with Crippen molar-refractivity contribution in [3.8, 4) is 0 Å². The first-order valence-corrected chi connectivity index (χ1v) is 6.39. The van der Waals surface area contributed by atoms with Gasteiger partial charge in [0.05, 0.1) is 12.0 Å². The van der Waals surface area contributed by atoms with E-state index in [0.29, 0.717) is 5.02 Å². The fourth-order valence-corrected chi connectivity index (χ4v) is 2.38. The van der Waals surface area contributed by atoms with Crippen molar-refractivity contribution >= 4 is 22.6 Å². The average molecular weight is 276 g/mol. The van der Waals surface area contributed by atoms with Crippen molar-refractivity contribution in [3.63, 3.8) is 0 Å². The first kappa shape index (κ1) is 12.3. The third-order valence-electron chi connectivity index (χ3n) is 3.09. The Kier molecular flexibility index (Phi) is 3.05. The Bertz CT molecular complexity index is 716. The second-order valence-corrected chi connectivity index (χ2v) is 4.95. The molecule has 0 fully saturated rings. The lowest BCUT2D eigenvalue weighted by Gasteiger charge is -2.10. The summed E-state index contributed by atoms with van der Waals surface area (Å²) in [7, 11) is 3.83. The molecule has 0 spiro atoms. The lowest BCUT2D eigenvalue weighted by Crippen LogP contribution is -2.17. The monoisotopic (exact) mass is 275 g/mol. The predicted octanol–water partition coefficient (Wildman–Crippen LogP) is 3.13. The molecule has 0 bridgehead atoms. The molecule has 3 rings (SSSR count). The van der Waals surface area contributed by atoms with Crippen LogP contribution < -0.4 is 5.32 Å². The Morgan fingerprint density at radius 2 is 2.21 bits per heavy atom. The van der Waals surface area contributed by atoms with Gasteiger partial charge in [-0.05, 0) is 31.3 Å². The first-order chi connectivity index (χ1) is 9.17. The predicted molar refractivity (Wildman–Crippen MR) is 75.3 cm³/mol. The van der Waals surface area contributed by atoms with E-state index < -0.39 is 0 Å². The van der Waals surface area contributed by atoms with E-state index in [9.17, 15) is 0 Å². The maximum Gasteiger partial charge on any atom is 0.134 e. The normalized spacial score (nSPS) is 13.0. The van der Waals surface area contributed by atoms with Gasteiger partial charge in [-0.15, -0.1) is 0 Å². The zero-order valence-corrected chi connectivity index (χ0v) is 11.5. The molecule has 1 unspecified atom stereocenters. The lowest BCUT2D eigenvalue weighted by atomic mass is 10.1. The van der Waals surface area contributed by atoms with Crippen LogP contribution in [0.2, 0.25) is 5.02 Å². The van der Waals surface area contributed by atoms with Crippen LogP contribution in [0, 0.1) is 0 Å². The largest absolute Gasteiger partial charge is 0.459 e. The number of hydrogen-bond acceptors (Lipinski definition) is 3. The maximum atomic E-state index is 5.99. The Labute approximate surface area is 116 Å². The van der Waals surface area contributed by atoms with Gasteiger partial charge in [-0.25, -0.2) is 4.98 Å². The summed E-state index contributed by atoms with van der Waals surface area (Å²) in [6.07, 6.45) is 3.75. The van der Waals surface area contributed by atoms with Crippen LogP contribution in [-0.4, -0.2) is 16.6 Å². The molecule has 0 saturated heterocycles. The second kappa shape index (κ2) is 4.72. The quantitative estimate of drug-likeness (QED) is 0.799. The van der Waals surface area contributed by atoms with Gasteiger partial charge in [0, 0.05) is 23.7 Å². The molecular weight excluding hydrogens is 262 g/mol. The summed E-state index contributed by atoms with van der Waals surface area (Å²) in [6, 6.07) is 7.54. The highest BCUT2D eigenvalue weighted by Gasteiger charge is 2.19. The molecule has 0 aliphatic rings. The lowest BCUT2D eigenvalue weighted by molar-refractivity contribution is 0.486. The third kappa shape index (κ3) is 2.25. The van der Waals surface area contributed by atoms with E-state index in [2.05, 4.69) is 10.3 Å². The number of aryl methyl sites for hydroxylation is 1. The zero-order valence-electron chi connectivity index (χ0n) is 10.7. The minimum absolute atomic E-state index is 0.0626. The van der Waals surface area contributed by atoms with E-state index in [-0.39, 0.29) is 6.04 Å². The minimum Gasteiger partial charge on any atom is -0.459 e. The number of benzene rings is 1. The Morgan fingerprint density at radius 3 is 2.89 bits per heavy atom. The third-order valence-corrected chi connectivity index (χ3v) is 3.33. The molecule has 19 heavy (non-hydrogen) atoms. The Balaban J connectivity index is 2.06. The van der Waals surface area contributed by atoms with Crippen molar-refractivity contribution in [2.75, 3.05) is 7.05 Å². The first-order valence-electron chi connectivity index (χ1n) is 6.01. The van der Waals surface area contributed by atoms with Crippen molar-refractivity contribution in [1.29, 1.82) is 0 Å². The van der Waals surface area contributed by atoms with Crippen LogP contribution in [0.15, 0.2) is 41.2 Å². The van der Waals surface area contributed by atoms with Crippen molar-refractivity contribution in [3.05, 3.63) is 53.3 Å². The number of hydrogen-bond donors (Lipinski definition) is 1. The number of imidazole rings is 1. The molecule has 1 N–H and O–H groups in total. The molecule has 0 aliphatic carbocycles. The summed E-state index contributed by atoms with van der Waals surface area (Å²) in [5.74, 6) is 0.832. The van der Waals surface area contributed by atoms with Gasteiger partial charge in [0.15, 0.2) is 0 Å². The van der Waals surface area contributed by atoms with Gasteiger partial charge in [0.2, 0.25) is 0 Å². The molecule has 98 valence electrons. The van der Waals surface area contributed by atoms with Crippen LogP contribution in [0.3, 0.4) is 0 Å². The summed E-state index contributed by atoms with van der Waals surface area (Å²) < 4.78 is 7.79. The molecule has 2 aromatic heterocycles. The van der Waals surface area contributed by atoms with Gasteiger partial charge in [0.25, 0.3) is 0 Å². The van der Waals surface area contributed by atoms with E-state index in [1.807, 2.05) is 49.1 Å². The summed E-state index contributed by atoms with van der Waals surface area (Å²) in [6.45, 7) is 0. The van der Waals surface area contributed by atoms with Gasteiger partial charge in [0.1, 0.15) is 17.4 Å². The molecule has 3 aromatic rings. The molecule has 2 heterocycles. The van der Waals surface area contributed by atoms with Crippen molar-refractivity contribution < 1.29 is 4.42 Å². The fraction of sp³-hybridized carbons (Fsp3) is 0.214. The number of fused-ring (bicyclic) bond motifs is 1. The van der Waals surface area contributed by atoms with Gasteiger partial charge >= 0.3 is 0 Å². The van der Waals surface area contributed by atoms with Crippen LogP contribution in [0.4, 0.5) is 0 Å². The number of nitrogens with zero attached hydrogens (tertiary/aromatic N) is 2. The second-order valence-electron chi connectivity index (χ2n) is 4.52. The fourth-order valence-electron chi connectivity index (χ4n) is 2.20. The molecule has 0 saturated carbocycles. The highest BCUT2D eigenvalue weighted by molar-refractivity contribution is 6.31. The summed E-state index contributed by atoms with van der Waals surface area (Å²) in [4.78, 5) is 4.37. The average Bonchev–Trinajstić information content (AvgIpc) is 2.96. The van der Waals surface area contributed by atoms with Crippen LogP contribution >= 0.6 is 11.6 Å². The Morgan fingerprint density at radius 1 is 1.37 bits per heavy atom. The van der Waals surface area contributed by atoms with E-state index in [0.717, 1.165) is 22.4 Å². The van der Waals surface area contributed by atoms with Gasteiger partial charge in [-0.2, -0.15) is 0 Å². The van der Waals surface area contributed by atoms with Crippen LogP contribution in [0.5, 0.6) is 0 Å². The number of aromatic nitrogens is 2. The number of nitrogens with one attached hydrogen (secondary N) is 1.